The van der Waals surface area contributed by atoms with Gasteiger partial charge in [0.2, 0.25) is 0 Å². The number of aromatic nitrogens is 1. The van der Waals surface area contributed by atoms with Gasteiger partial charge in [-0.05, 0) is 20.8 Å². The predicted molar refractivity (Wildman–Crippen MR) is 62.9 cm³/mol. The SMILES string of the molecule is C#CC(C)(C)NS(=O)(=O)c1sc(=O)[nH]c1C. The van der Waals surface area contributed by atoms with Crippen molar-refractivity contribution in [3.05, 3.63) is 15.4 Å². The fourth-order valence-electron chi connectivity index (χ4n) is 1.06. The second-order valence-electron chi connectivity index (χ2n) is 3.80. The van der Waals surface area contributed by atoms with Crippen LogP contribution < -0.4 is 9.60 Å². The Morgan fingerprint density at radius 2 is 2.06 bits per heavy atom. The summed E-state index contributed by atoms with van der Waals surface area (Å²) in [6.07, 6.45) is 5.19. The van der Waals surface area contributed by atoms with E-state index in [-0.39, 0.29) is 4.21 Å². The minimum absolute atomic E-state index is 0.0270. The first-order valence-corrected chi connectivity index (χ1v) is 6.69. The third kappa shape index (κ3) is 2.72. The quantitative estimate of drug-likeness (QED) is 0.774. The summed E-state index contributed by atoms with van der Waals surface area (Å²) in [6.45, 7) is 4.65. The van der Waals surface area contributed by atoms with E-state index in [9.17, 15) is 13.2 Å². The molecule has 0 aliphatic carbocycles. The molecule has 0 atom stereocenters. The van der Waals surface area contributed by atoms with Crippen molar-refractivity contribution in [3.8, 4) is 12.3 Å². The number of hydrogen-bond donors (Lipinski definition) is 2. The smallest absolute Gasteiger partial charge is 0.305 e. The average Bonchev–Trinajstić information content (AvgIpc) is 2.44. The minimum Gasteiger partial charge on any atom is -0.315 e. The Labute approximate surface area is 98.0 Å². The molecule has 0 spiro atoms. The number of sulfonamides is 1. The molecule has 0 saturated heterocycles. The lowest BCUT2D eigenvalue weighted by molar-refractivity contribution is 0.540. The number of rotatable bonds is 3. The number of terminal acetylenes is 1. The van der Waals surface area contributed by atoms with E-state index in [1.54, 1.807) is 13.8 Å². The fourth-order valence-corrected chi connectivity index (χ4v) is 3.70. The van der Waals surface area contributed by atoms with E-state index >= 15 is 0 Å². The van der Waals surface area contributed by atoms with Crippen LogP contribution in [0.15, 0.2) is 9.00 Å². The van der Waals surface area contributed by atoms with Crippen LogP contribution in [0.4, 0.5) is 0 Å². The first kappa shape index (κ1) is 13.0. The highest BCUT2D eigenvalue weighted by Crippen LogP contribution is 2.17. The zero-order valence-electron chi connectivity index (χ0n) is 9.12. The van der Waals surface area contributed by atoms with Crippen molar-refractivity contribution in [1.29, 1.82) is 0 Å². The van der Waals surface area contributed by atoms with Crippen LogP contribution in [0.2, 0.25) is 0 Å². The van der Waals surface area contributed by atoms with Crippen LogP contribution in [0.25, 0.3) is 0 Å². The van der Waals surface area contributed by atoms with Crippen molar-refractivity contribution < 1.29 is 8.42 Å². The summed E-state index contributed by atoms with van der Waals surface area (Å²) in [5, 5.41) is 0. The van der Waals surface area contributed by atoms with Gasteiger partial charge < -0.3 is 4.98 Å². The molecule has 0 saturated carbocycles. The molecule has 16 heavy (non-hydrogen) atoms. The summed E-state index contributed by atoms with van der Waals surface area (Å²) in [5.41, 5.74) is -0.673. The monoisotopic (exact) mass is 260 g/mol. The molecule has 0 aliphatic rings. The van der Waals surface area contributed by atoms with Crippen molar-refractivity contribution >= 4 is 21.4 Å². The molecular weight excluding hydrogens is 248 g/mol. The third-order valence-corrected chi connectivity index (χ3v) is 5.04. The topological polar surface area (TPSA) is 79.0 Å². The maximum atomic E-state index is 11.9. The number of aromatic amines is 1. The van der Waals surface area contributed by atoms with E-state index < -0.39 is 20.4 Å². The van der Waals surface area contributed by atoms with Gasteiger partial charge in [-0.25, -0.2) is 8.42 Å². The van der Waals surface area contributed by atoms with E-state index in [4.69, 9.17) is 6.42 Å². The Bertz CT molecular complexity index is 587. The molecule has 1 rings (SSSR count). The number of aryl methyl sites for hydroxylation is 1. The normalized spacial score (nSPS) is 12.4. The predicted octanol–water partition coefficient (Wildman–Crippen LogP) is 0.435. The summed E-state index contributed by atoms with van der Waals surface area (Å²) in [7, 11) is -3.75. The Balaban J connectivity index is 3.20. The Morgan fingerprint density at radius 1 is 1.50 bits per heavy atom. The second-order valence-corrected chi connectivity index (χ2v) is 6.66. The first-order chi connectivity index (χ1) is 7.18. The zero-order valence-corrected chi connectivity index (χ0v) is 10.8. The Morgan fingerprint density at radius 3 is 2.44 bits per heavy atom. The third-order valence-electron chi connectivity index (χ3n) is 1.78. The maximum Gasteiger partial charge on any atom is 0.305 e. The van der Waals surface area contributed by atoms with Crippen LogP contribution in [-0.2, 0) is 10.0 Å². The van der Waals surface area contributed by atoms with E-state index in [1.807, 2.05) is 0 Å². The van der Waals surface area contributed by atoms with E-state index in [2.05, 4.69) is 15.6 Å². The maximum absolute atomic E-state index is 11.9. The summed E-state index contributed by atoms with van der Waals surface area (Å²) in [4.78, 5) is 13.0. The van der Waals surface area contributed by atoms with Crippen LogP contribution in [-0.4, -0.2) is 18.9 Å². The first-order valence-electron chi connectivity index (χ1n) is 4.39. The number of hydrogen-bond acceptors (Lipinski definition) is 4. The fraction of sp³-hybridized carbons (Fsp3) is 0.444. The lowest BCUT2D eigenvalue weighted by Gasteiger charge is -2.18. The second kappa shape index (κ2) is 4.05. The van der Waals surface area contributed by atoms with Crippen molar-refractivity contribution in [1.82, 2.24) is 9.71 Å². The van der Waals surface area contributed by atoms with E-state index in [1.165, 1.54) is 6.92 Å². The van der Waals surface area contributed by atoms with Gasteiger partial charge in [-0.3, -0.25) is 4.79 Å². The highest BCUT2D eigenvalue weighted by atomic mass is 32.2. The molecule has 0 radical (unpaired) electrons. The standard InChI is InChI=1S/C9H12N2O3S2/c1-5-9(3,4)11-16(13,14)7-6(2)10-8(12)15-7/h1,11H,2-4H3,(H,10,12). The van der Waals surface area contributed by atoms with E-state index in [0.29, 0.717) is 17.0 Å². The lowest BCUT2D eigenvalue weighted by atomic mass is 10.1. The van der Waals surface area contributed by atoms with Gasteiger partial charge in [-0.2, -0.15) is 4.72 Å². The molecular formula is C9H12N2O3S2. The molecule has 2 N–H and O–H groups in total. The van der Waals surface area contributed by atoms with Crippen LogP contribution in [0, 0.1) is 19.3 Å². The van der Waals surface area contributed by atoms with Crippen LogP contribution in [0.3, 0.4) is 0 Å². The summed E-state index contributed by atoms with van der Waals surface area (Å²) in [5.74, 6) is 2.32. The molecule has 88 valence electrons. The zero-order chi connectivity index (χ0) is 12.6. The molecule has 5 nitrogen and oxygen atoms in total. The molecule has 0 bridgehead atoms. The van der Waals surface area contributed by atoms with Crippen molar-refractivity contribution in [3.63, 3.8) is 0 Å². The van der Waals surface area contributed by atoms with Crippen molar-refractivity contribution in [2.45, 2.75) is 30.5 Å². The molecule has 0 aromatic carbocycles. The molecule has 1 aromatic heterocycles. The van der Waals surface area contributed by atoms with Gasteiger partial charge in [0.1, 0.15) is 0 Å². The van der Waals surface area contributed by atoms with Gasteiger partial charge in [-0.1, -0.05) is 17.3 Å². The number of nitrogens with one attached hydrogen (secondary N) is 2. The Hall–Kier alpha value is -1.10. The molecule has 7 heteroatoms. The highest BCUT2D eigenvalue weighted by molar-refractivity contribution is 7.91. The summed E-state index contributed by atoms with van der Waals surface area (Å²) in [6, 6.07) is 0. The van der Waals surface area contributed by atoms with Gasteiger partial charge in [-0.15, -0.1) is 6.42 Å². The number of H-pyrrole nitrogens is 1. The number of thiazole rings is 1. The molecule has 0 amide bonds. The van der Waals surface area contributed by atoms with E-state index in [0.717, 1.165) is 0 Å². The van der Waals surface area contributed by atoms with Crippen molar-refractivity contribution in [2.75, 3.05) is 0 Å². The molecule has 1 aromatic rings. The van der Waals surface area contributed by atoms with Crippen LogP contribution in [0.5, 0.6) is 0 Å². The molecule has 1 heterocycles. The van der Waals surface area contributed by atoms with Crippen molar-refractivity contribution in [2.24, 2.45) is 0 Å². The molecule has 0 fully saturated rings. The van der Waals surface area contributed by atoms with Crippen LogP contribution in [0.1, 0.15) is 19.5 Å². The van der Waals surface area contributed by atoms with Gasteiger partial charge in [0.15, 0.2) is 4.21 Å². The molecule has 0 unspecified atom stereocenters. The average molecular weight is 260 g/mol. The minimum atomic E-state index is -3.75. The molecule has 0 aliphatic heterocycles. The lowest BCUT2D eigenvalue weighted by Crippen LogP contribution is -2.41. The van der Waals surface area contributed by atoms with Gasteiger partial charge in [0.05, 0.1) is 5.54 Å². The van der Waals surface area contributed by atoms with Gasteiger partial charge >= 0.3 is 4.87 Å². The Kier molecular flexibility index (Phi) is 3.28. The van der Waals surface area contributed by atoms with Crippen LogP contribution >= 0.6 is 11.3 Å². The van der Waals surface area contributed by atoms with Gasteiger partial charge in [0.25, 0.3) is 10.0 Å². The van der Waals surface area contributed by atoms with Gasteiger partial charge in [0, 0.05) is 5.69 Å². The summed E-state index contributed by atoms with van der Waals surface area (Å²) >= 11 is 0.642. The summed E-state index contributed by atoms with van der Waals surface area (Å²) < 4.78 is 26.1. The largest absolute Gasteiger partial charge is 0.315 e. The highest BCUT2D eigenvalue weighted by Gasteiger charge is 2.27.